The highest BCUT2D eigenvalue weighted by Crippen LogP contribution is 2.12. The maximum Gasteiger partial charge on any atom is 0.329 e. The Morgan fingerprint density at radius 1 is 1.37 bits per heavy atom. The molecule has 0 fully saturated rings. The lowest BCUT2D eigenvalue weighted by atomic mass is 9.96. The second-order valence-electron chi connectivity index (χ2n) is 4.87. The predicted molar refractivity (Wildman–Crippen MR) is 79.7 cm³/mol. The van der Waals surface area contributed by atoms with Gasteiger partial charge in [-0.15, -0.1) is 0 Å². The van der Waals surface area contributed by atoms with Crippen LogP contribution in [0.3, 0.4) is 0 Å². The molecule has 0 aliphatic carbocycles. The van der Waals surface area contributed by atoms with E-state index >= 15 is 0 Å². The summed E-state index contributed by atoms with van der Waals surface area (Å²) >= 11 is 1.82. The fourth-order valence-electron chi connectivity index (χ4n) is 1.71. The quantitative estimate of drug-likeness (QED) is 0.570. The van der Waals surface area contributed by atoms with Gasteiger partial charge in [-0.3, -0.25) is 0 Å². The second kappa shape index (κ2) is 9.07. The van der Waals surface area contributed by atoms with Gasteiger partial charge in [0.05, 0.1) is 0 Å². The molecule has 0 rings (SSSR count). The molecule has 112 valence electrons. The van der Waals surface area contributed by atoms with Gasteiger partial charge in [-0.2, -0.15) is 11.8 Å². The first-order valence-corrected chi connectivity index (χ1v) is 7.91. The summed E-state index contributed by atoms with van der Waals surface area (Å²) in [5.74, 6) is 1.05. The molecule has 0 aromatic carbocycles. The summed E-state index contributed by atoms with van der Waals surface area (Å²) in [7, 11) is 0. The molecule has 3 N–H and O–H groups in total. The van der Waals surface area contributed by atoms with Gasteiger partial charge in [0.15, 0.2) is 0 Å². The number of carboxylic acids is 1. The highest BCUT2D eigenvalue weighted by Gasteiger charge is 2.33. The Balaban J connectivity index is 4.23. The van der Waals surface area contributed by atoms with Crippen LogP contribution in [-0.4, -0.2) is 40.2 Å². The van der Waals surface area contributed by atoms with Gasteiger partial charge in [-0.1, -0.05) is 20.3 Å². The maximum absolute atomic E-state index is 11.8. The van der Waals surface area contributed by atoms with Crippen molar-refractivity contribution in [2.75, 3.05) is 11.5 Å². The average molecular weight is 290 g/mol. The van der Waals surface area contributed by atoms with E-state index in [1.165, 1.54) is 6.92 Å². The number of thioether (sulfide) groups is 1. The van der Waals surface area contributed by atoms with E-state index in [1.807, 2.05) is 25.6 Å². The van der Waals surface area contributed by atoms with Crippen LogP contribution in [0.25, 0.3) is 0 Å². The predicted octanol–water partition coefficient (Wildman–Crippen LogP) is 2.46. The molecule has 2 amide bonds. The highest BCUT2D eigenvalue weighted by molar-refractivity contribution is 7.99. The number of hydrogen-bond acceptors (Lipinski definition) is 3. The van der Waals surface area contributed by atoms with E-state index in [4.69, 9.17) is 0 Å². The molecule has 0 aliphatic rings. The largest absolute Gasteiger partial charge is 0.480 e. The Kier molecular flexibility index (Phi) is 8.63. The normalized spacial score (nSPS) is 15.4. The zero-order chi connectivity index (χ0) is 14.9. The van der Waals surface area contributed by atoms with Crippen molar-refractivity contribution in [2.45, 2.75) is 58.5 Å². The molecule has 2 unspecified atom stereocenters. The van der Waals surface area contributed by atoms with Gasteiger partial charge in [-0.05, 0) is 38.2 Å². The van der Waals surface area contributed by atoms with Crippen molar-refractivity contribution in [3.63, 3.8) is 0 Å². The van der Waals surface area contributed by atoms with Crippen LogP contribution in [0, 0.1) is 0 Å². The van der Waals surface area contributed by atoms with Crippen LogP contribution in [-0.2, 0) is 4.79 Å². The second-order valence-corrected chi connectivity index (χ2v) is 6.27. The van der Waals surface area contributed by atoms with Gasteiger partial charge in [-0.25, -0.2) is 9.59 Å². The SMILES string of the molecule is CCCC(C)(NC(=O)NC(C)CCSCC)C(=O)O. The lowest BCUT2D eigenvalue weighted by molar-refractivity contribution is -0.144. The number of urea groups is 1. The van der Waals surface area contributed by atoms with Crippen LogP contribution >= 0.6 is 11.8 Å². The number of nitrogens with one attached hydrogen (secondary N) is 2. The molecule has 0 radical (unpaired) electrons. The van der Waals surface area contributed by atoms with Gasteiger partial charge in [0.1, 0.15) is 5.54 Å². The van der Waals surface area contributed by atoms with E-state index in [0.29, 0.717) is 12.8 Å². The Hall–Kier alpha value is -0.910. The molecule has 5 nitrogen and oxygen atoms in total. The Morgan fingerprint density at radius 3 is 2.47 bits per heavy atom. The number of aliphatic carboxylic acids is 1. The molecule has 0 saturated heterocycles. The number of hydrogen-bond donors (Lipinski definition) is 3. The van der Waals surface area contributed by atoms with E-state index in [0.717, 1.165) is 17.9 Å². The lowest BCUT2D eigenvalue weighted by Crippen LogP contribution is -2.56. The monoisotopic (exact) mass is 290 g/mol. The minimum absolute atomic E-state index is 0.0405. The molecule has 19 heavy (non-hydrogen) atoms. The van der Waals surface area contributed by atoms with Gasteiger partial charge < -0.3 is 15.7 Å². The number of amides is 2. The van der Waals surface area contributed by atoms with Crippen molar-refractivity contribution in [2.24, 2.45) is 0 Å². The first-order chi connectivity index (χ1) is 8.85. The van der Waals surface area contributed by atoms with Crippen molar-refractivity contribution in [3.05, 3.63) is 0 Å². The molecule has 0 saturated carbocycles. The molecule has 2 atom stereocenters. The third kappa shape index (κ3) is 7.30. The van der Waals surface area contributed by atoms with E-state index in [2.05, 4.69) is 17.6 Å². The smallest absolute Gasteiger partial charge is 0.329 e. The molecule has 0 heterocycles. The first-order valence-electron chi connectivity index (χ1n) is 6.75. The minimum atomic E-state index is -1.20. The standard InChI is InChI=1S/C13H26N2O3S/c1-5-8-13(4,11(16)17)15-12(18)14-10(3)7-9-19-6-2/h10H,5-9H2,1-4H3,(H,16,17)(H2,14,15,18). The first kappa shape index (κ1) is 18.1. The average Bonchev–Trinajstić information content (AvgIpc) is 2.28. The number of carbonyl (C=O) groups excluding carboxylic acids is 1. The fraction of sp³-hybridized carbons (Fsp3) is 0.846. The van der Waals surface area contributed by atoms with E-state index in [9.17, 15) is 14.7 Å². The zero-order valence-electron chi connectivity index (χ0n) is 12.3. The van der Waals surface area contributed by atoms with Crippen LogP contribution in [0.1, 0.15) is 47.0 Å². The van der Waals surface area contributed by atoms with E-state index in [1.54, 1.807) is 0 Å². The third-order valence-corrected chi connectivity index (χ3v) is 3.82. The van der Waals surface area contributed by atoms with Crippen molar-refractivity contribution in [1.82, 2.24) is 10.6 Å². The molecule has 0 aromatic rings. The van der Waals surface area contributed by atoms with Crippen LogP contribution in [0.15, 0.2) is 0 Å². The number of carbonyl (C=O) groups is 2. The van der Waals surface area contributed by atoms with E-state index < -0.39 is 17.5 Å². The Bertz CT molecular complexity index is 300. The molecule has 6 heteroatoms. The van der Waals surface area contributed by atoms with Crippen LogP contribution in [0.2, 0.25) is 0 Å². The van der Waals surface area contributed by atoms with Crippen molar-refractivity contribution in [1.29, 1.82) is 0 Å². The molecule has 0 aliphatic heterocycles. The Morgan fingerprint density at radius 2 is 2.00 bits per heavy atom. The van der Waals surface area contributed by atoms with Gasteiger partial charge >= 0.3 is 12.0 Å². The van der Waals surface area contributed by atoms with Crippen molar-refractivity contribution >= 4 is 23.8 Å². The Labute approximate surface area is 119 Å². The van der Waals surface area contributed by atoms with Crippen LogP contribution < -0.4 is 10.6 Å². The molecule has 0 bridgehead atoms. The minimum Gasteiger partial charge on any atom is -0.480 e. The van der Waals surface area contributed by atoms with Gasteiger partial charge in [0.2, 0.25) is 0 Å². The molecular weight excluding hydrogens is 264 g/mol. The summed E-state index contributed by atoms with van der Waals surface area (Å²) in [6.45, 7) is 7.45. The van der Waals surface area contributed by atoms with Gasteiger partial charge in [0, 0.05) is 6.04 Å². The summed E-state index contributed by atoms with van der Waals surface area (Å²) in [5, 5.41) is 14.5. The highest BCUT2D eigenvalue weighted by atomic mass is 32.2. The summed E-state index contributed by atoms with van der Waals surface area (Å²) in [4.78, 5) is 23.0. The molecular formula is C13H26N2O3S. The summed E-state index contributed by atoms with van der Waals surface area (Å²) in [5.41, 5.74) is -1.20. The summed E-state index contributed by atoms with van der Waals surface area (Å²) in [6.07, 6.45) is 1.99. The fourth-order valence-corrected chi connectivity index (χ4v) is 2.52. The number of rotatable bonds is 9. The van der Waals surface area contributed by atoms with Crippen LogP contribution in [0.5, 0.6) is 0 Å². The van der Waals surface area contributed by atoms with Crippen LogP contribution in [0.4, 0.5) is 4.79 Å². The topological polar surface area (TPSA) is 78.4 Å². The van der Waals surface area contributed by atoms with Crippen molar-refractivity contribution in [3.8, 4) is 0 Å². The number of carboxylic acid groups (broad SMARTS) is 1. The van der Waals surface area contributed by atoms with Crippen molar-refractivity contribution < 1.29 is 14.7 Å². The van der Waals surface area contributed by atoms with E-state index in [-0.39, 0.29) is 6.04 Å². The van der Waals surface area contributed by atoms with Gasteiger partial charge in [0.25, 0.3) is 0 Å². The molecule has 0 spiro atoms. The third-order valence-electron chi connectivity index (χ3n) is 2.89. The summed E-state index contributed by atoms with van der Waals surface area (Å²) in [6, 6.07) is -0.369. The maximum atomic E-state index is 11.8. The molecule has 0 aromatic heterocycles. The lowest BCUT2D eigenvalue weighted by Gasteiger charge is -2.27. The zero-order valence-corrected chi connectivity index (χ0v) is 13.1. The summed E-state index contributed by atoms with van der Waals surface area (Å²) < 4.78 is 0.